The predicted octanol–water partition coefficient (Wildman–Crippen LogP) is -9.75. The van der Waals surface area contributed by atoms with E-state index in [1.54, 1.807) is 44.2 Å². The van der Waals surface area contributed by atoms with Crippen molar-refractivity contribution in [2.45, 2.75) is 171 Å². The Kier molecular flexibility index (Phi) is 34.9. The van der Waals surface area contributed by atoms with Gasteiger partial charge in [-0.05, 0) is 63.9 Å². The first-order valence-electron chi connectivity index (χ1n) is 28.2. The largest absolute Gasteiger partial charge is 0.481 e. The molecule has 0 saturated heterocycles. The maximum Gasteiger partial charge on any atom is 0.326 e. The number of carboxylic acids is 2. The molecule has 0 aliphatic rings. The fourth-order valence-electron chi connectivity index (χ4n) is 8.10. The maximum atomic E-state index is 14.2. The van der Waals surface area contributed by atoms with Crippen LogP contribution in [0.4, 0.5) is 0 Å². The third-order valence-corrected chi connectivity index (χ3v) is 12.9. The average Bonchev–Trinajstić information content (AvgIpc) is 1.20. The van der Waals surface area contributed by atoms with Gasteiger partial charge in [0, 0.05) is 32.2 Å². The van der Waals surface area contributed by atoms with Crippen LogP contribution in [0.1, 0.15) is 97.5 Å². The van der Waals surface area contributed by atoms with Crippen LogP contribution in [0.15, 0.2) is 35.3 Å². The van der Waals surface area contributed by atoms with Gasteiger partial charge < -0.3 is 113 Å². The summed E-state index contributed by atoms with van der Waals surface area (Å²) in [5.41, 5.74) is 32.7. The van der Waals surface area contributed by atoms with E-state index in [1.807, 2.05) is 0 Å². The summed E-state index contributed by atoms with van der Waals surface area (Å²) < 4.78 is 0. The number of carbonyl (C=O) groups excluding carboxylic acids is 13. The molecule has 502 valence electrons. The Morgan fingerprint density at radius 1 is 0.467 bits per heavy atom. The number of primary amides is 3. The van der Waals surface area contributed by atoms with Gasteiger partial charge in [-0.1, -0.05) is 44.2 Å². The summed E-state index contributed by atoms with van der Waals surface area (Å²) in [5.74, 6) is -18.3. The van der Waals surface area contributed by atoms with Gasteiger partial charge in [-0.3, -0.25) is 72.1 Å². The lowest BCUT2D eigenvalue weighted by atomic mass is 10.0. The van der Waals surface area contributed by atoms with Crippen molar-refractivity contribution in [2.75, 3.05) is 19.8 Å². The van der Waals surface area contributed by atoms with E-state index >= 15 is 0 Å². The van der Waals surface area contributed by atoms with Crippen LogP contribution >= 0.6 is 0 Å². The van der Waals surface area contributed by atoms with Crippen molar-refractivity contribution in [3.05, 3.63) is 35.9 Å². The highest BCUT2D eigenvalue weighted by atomic mass is 16.4. The number of aliphatic imine (C=N–C) groups is 1. The molecule has 0 aliphatic carbocycles. The molecule has 13 amide bonds. The standard InChI is InChI=1S/C53H85N17O20/c1-24(2)19-33(47(84)68-35(21-39(57)76)48(85)69-36(23-72)50(87)65-32(52(89)90)11-8-18-60-53(58)59)67-46(83)29(12-15-37(55)74)63-45(82)30(13-16-38(56)75)64-51(88)41(26(4)73)70-49(86)34(20-27-9-6-5-7-10-27)66-42(79)25(3)61-44(81)31(14-17-40(77)78)62-43(80)28(54)22-71/h5-7,9-10,24-26,28-36,41,71-73H,8,11-23,54H2,1-4H3,(H2,55,74)(H2,56,75)(H2,57,76)(H,61,81)(H,62,80)(H,63,82)(H,64,88)(H,65,87)(H,66,79)(H,67,83)(H,68,84)(H,69,85)(H,70,86)(H,77,78)(H,89,90)(H4,58,59,60)/t25-,26+,28-,29-,30-,31-,32-,33-,34-,35-,36-,41-/m0/s1. The molecule has 37 nitrogen and oxygen atoms in total. The van der Waals surface area contributed by atoms with Crippen molar-refractivity contribution in [1.82, 2.24) is 53.2 Å². The van der Waals surface area contributed by atoms with E-state index in [2.05, 4.69) is 58.2 Å². The molecular weight excluding hydrogens is 1190 g/mol. The van der Waals surface area contributed by atoms with E-state index in [0.717, 1.165) is 6.92 Å². The minimum absolute atomic E-state index is 0.00590. The Bertz CT molecular complexity index is 2710. The number of guanidine groups is 1. The molecule has 27 N–H and O–H groups in total. The summed E-state index contributed by atoms with van der Waals surface area (Å²) in [6, 6.07) is -10.8. The zero-order valence-corrected chi connectivity index (χ0v) is 50.1. The fourth-order valence-corrected chi connectivity index (χ4v) is 8.10. The number of rotatable bonds is 43. The van der Waals surface area contributed by atoms with Crippen LogP contribution in [0.2, 0.25) is 0 Å². The summed E-state index contributed by atoms with van der Waals surface area (Å²) in [4.78, 5) is 200. The number of aliphatic hydroxyl groups excluding tert-OH is 3. The molecule has 0 unspecified atom stereocenters. The van der Waals surface area contributed by atoms with Gasteiger partial charge in [0.05, 0.1) is 25.7 Å². The quantitative estimate of drug-likeness (QED) is 0.0164. The summed E-state index contributed by atoms with van der Waals surface area (Å²) in [6.45, 7) is 3.49. The van der Waals surface area contributed by atoms with Crippen LogP contribution in [0.25, 0.3) is 0 Å². The van der Waals surface area contributed by atoms with Crippen molar-refractivity contribution >= 4 is 94.7 Å². The third-order valence-electron chi connectivity index (χ3n) is 12.9. The summed E-state index contributed by atoms with van der Waals surface area (Å²) in [6.07, 6.45) is -6.87. The average molecular weight is 1280 g/mol. The molecule has 90 heavy (non-hydrogen) atoms. The summed E-state index contributed by atoms with van der Waals surface area (Å²) in [7, 11) is 0. The van der Waals surface area contributed by atoms with Gasteiger partial charge >= 0.3 is 11.9 Å². The van der Waals surface area contributed by atoms with E-state index in [1.165, 1.54) is 6.92 Å². The van der Waals surface area contributed by atoms with E-state index < -0.39 is 225 Å². The molecule has 0 aromatic heterocycles. The zero-order valence-electron chi connectivity index (χ0n) is 50.1. The molecule has 12 atom stereocenters. The van der Waals surface area contributed by atoms with Crippen LogP contribution in [0, 0.1) is 5.92 Å². The van der Waals surface area contributed by atoms with Crippen molar-refractivity contribution in [3.8, 4) is 0 Å². The van der Waals surface area contributed by atoms with Gasteiger partial charge in [-0.15, -0.1) is 0 Å². The van der Waals surface area contributed by atoms with Gasteiger partial charge in [0.2, 0.25) is 76.8 Å². The van der Waals surface area contributed by atoms with Gasteiger partial charge in [0.1, 0.15) is 66.5 Å². The lowest BCUT2D eigenvalue weighted by Crippen LogP contribution is -2.62. The van der Waals surface area contributed by atoms with Crippen LogP contribution in [0.5, 0.6) is 0 Å². The van der Waals surface area contributed by atoms with Crippen molar-refractivity contribution < 1.29 is 97.5 Å². The first-order chi connectivity index (χ1) is 42.1. The first kappa shape index (κ1) is 78.4. The molecule has 1 aromatic carbocycles. The number of carbonyl (C=O) groups is 15. The Morgan fingerprint density at radius 2 is 0.900 bits per heavy atom. The van der Waals surface area contributed by atoms with Gasteiger partial charge in [0.25, 0.3) is 0 Å². The second-order valence-electron chi connectivity index (χ2n) is 21.1. The number of nitrogens with one attached hydrogen (secondary N) is 10. The number of carboxylic acid groups (broad SMARTS) is 2. The molecule has 37 heteroatoms. The van der Waals surface area contributed by atoms with Gasteiger partial charge in [-0.25, -0.2) is 4.79 Å². The van der Waals surface area contributed by atoms with E-state index in [9.17, 15) is 97.5 Å². The number of hydrogen-bond donors (Lipinski definition) is 21. The molecule has 1 aromatic rings. The van der Waals surface area contributed by atoms with E-state index in [-0.39, 0.29) is 38.2 Å². The molecule has 0 radical (unpaired) electrons. The number of hydrogen-bond acceptors (Lipinski definition) is 20. The number of aliphatic carboxylic acids is 2. The number of benzene rings is 1. The third kappa shape index (κ3) is 30.3. The summed E-state index contributed by atoms with van der Waals surface area (Å²) in [5, 5.41) is 71.7. The molecule has 0 heterocycles. The Hall–Kier alpha value is -9.62. The summed E-state index contributed by atoms with van der Waals surface area (Å²) >= 11 is 0. The normalized spacial score (nSPS) is 14.9. The zero-order chi connectivity index (χ0) is 68.5. The first-order valence-corrected chi connectivity index (χ1v) is 28.2. The van der Waals surface area contributed by atoms with Crippen LogP contribution < -0.4 is 87.6 Å². The maximum absolute atomic E-state index is 14.2. The highest BCUT2D eigenvalue weighted by Crippen LogP contribution is 2.12. The molecular formula is C53H85N17O20. The van der Waals surface area contributed by atoms with E-state index in [0.29, 0.717) is 5.56 Å². The molecule has 0 spiro atoms. The lowest BCUT2D eigenvalue weighted by Gasteiger charge is -2.29. The predicted molar refractivity (Wildman–Crippen MR) is 313 cm³/mol. The molecule has 0 bridgehead atoms. The Balaban J connectivity index is 3.55. The van der Waals surface area contributed by atoms with Crippen LogP contribution in [0.3, 0.4) is 0 Å². The van der Waals surface area contributed by atoms with Gasteiger partial charge in [0.15, 0.2) is 5.96 Å². The fraction of sp³-hybridized carbons (Fsp3) is 0.585. The van der Waals surface area contributed by atoms with Crippen LogP contribution in [-0.4, -0.2) is 213 Å². The van der Waals surface area contributed by atoms with E-state index in [4.69, 9.17) is 34.4 Å². The number of nitrogens with two attached hydrogens (primary N) is 6. The smallest absolute Gasteiger partial charge is 0.326 e. The number of amides is 13. The molecule has 0 saturated carbocycles. The number of nitrogens with zero attached hydrogens (tertiary/aromatic N) is 1. The SMILES string of the molecule is CC(C)C[C@H](NC(=O)[C@H](CCC(N)=O)NC(=O)[C@H](CCC(N)=O)NC(=O)[C@@H](NC(=O)[C@H](Cc1ccccc1)NC(=O)[C@H](C)NC(=O)[C@H](CCC(=O)O)NC(=O)[C@@H](N)CO)[C@@H](C)O)C(=O)N[C@@H](CC(N)=O)C(=O)N[C@@H](CO)C(=O)N[C@@H](CCCN=C(N)N)C(=O)O. The minimum atomic E-state index is -1.98. The minimum Gasteiger partial charge on any atom is -0.481 e. The molecule has 0 aliphatic heterocycles. The second-order valence-corrected chi connectivity index (χ2v) is 21.1. The highest BCUT2D eigenvalue weighted by molar-refractivity contribution is 6.00. The highest BCUT2D eigenvalue weighted by Gasteiger charge is 2.37. The van der Waals surface area contributed by atoms with Crippen molar-refractivity contribution in [1.29, 1.82) is 0 Å². The molecule has 0 fully saturated rings. The Morgan fingerprint density at radius 3 is 1.38 bits per heavy atom. The van der Waals surface area contributed by atoms with Crippen molar-refractivity contribution in [3.63, 3.8) is 0 Å². The lowest BCUT2D eigenvalue weighted by molar-refractivity contribution is -0.143. The topological polar surface area (TPSA) is 646 Å². The number of aliphatic hydroxyl groups is 3. The van der Waals surface area contributed by atoms with Crippen LogP contribution in [-0.2, 0) is 78.3 Å². The Labute approximate surface area is 515 Å². The monoisotopic (exact) mass is 1280 g/mol. The van der Waals surface area contributed by atoms with Crippen molar-refractivity contribution in [2.24, 2.45) is 45.3 Å². The molecule has 1 rings (SSSR count). The second kappa shape index (κ2) is 40.0. The van der Waals surface area contributed by atoms with Gasteiger partial charge in [-0.2, -0.15) is 0 Å².